The molecule has 0 saturated heterocycles. The van der Waals surface area contributed by atoms with Gasteiger partial charge in [-0.05, 0) is 12.8 Å². The van der Waals surface area contributed by atoms with E-state index in [4.69, 9.17) is 11.6 Å². The van der Waals surface area contributed by atoms with Gasteiger partial charge in [-0.2, -0.15) is 5.10 Å². The fourth-order valence-corrected chi connectivity index (χ4v) is 1.53. The molecule has 0 aliphatic carbocycles. The Hall–Kier alpha value is -0.440. The van der Waals surface area contributed by atoms with Gasteiger partial charge in [-0.3, -0.25) is 5.01 Å². The van der Waals surface area contributed by atoms with Crippen LogP contribution in [0.4, 0.5) is 0 Å². The van der Waals surface area contributed by atoms with Crippen molar-refractivity contribution in [1.29, 1.82) is 0 Å². The molecule has 0 N–H and O–H groups in total. The molecule has 12 heavy (non-hydrogen) atoms. The normalized spacial score (nSPS) is 22.4. The number of nitrogens with zero attached hydrogens (tertiary/aromatic N) is 3. The van der Waals surface area contributed by atoms with Crippen LogP contribution in [-0.4, -0.2) is 35.0 Å². The molecule has 70 valence electrons. The van der Waals surface area contributed by atoms with Gasteiger partial charge in [-0.1, -0.05) is 25.4 Å². The highest BCUT2D eigenvalue weighted by atomic mass is 35.5. The van der Waals surface area contributed by atoms with Crippen molar-refractivity contribution in [3.05, 3.63) is 0 Å². The molecule has 0 aromatic rings. The minimum atomic E-state index is -0.0649. The average Bonchev–Trinajstić information content (AvgIpc) is 2.38. The fraction of sp³-hybridized carbons (Fsp3) is 0.875. The van der Waals surface area contributed by atoms with E-state index in [9.17, 15) is 0 Å². The monoisotopic (exact) mass is 189 g/mol. The number of alkyl halides is 1. The Morgan fingerprint density at radius 2 is 2.00 bits per heavy atom. The quantitative estimate of drug-likeness (QED) is 0.497. The van der Waals surface area contributed by atoms with Crippen molar-refractivity contribution < 1.29 is 0 Å². The second-order valence-electron chi connectivity index (χ2n) is 2.94. The lowest BCUT2D eigenvalue weighted by Gasteiger charge is -2.24. The lowest BCUT2D eigenvalue weighted by Crippen LogP contribution is -2.35. The van der Waals surface area contributed by atoms with Crippen molar-refractivity contribution in [2.75, 3.05) is 13.1 Å². The van der Waals surface area contributed by atoms with E-state index >= 15 is 0 Å². The van der Waals surface area contributed by atoms with Crippen LogP contribution < -0.4 is 0 Å². The standard InChI is InChI=1S/C8H16ClN3/c1-3-5-11-7-10-12(6-4-2)8(11)9/h7-8H,3-6H2,1-2H3. The van der Waals surface area contributed by atoms with Crippen LogP contribution in [0.15, 0.2) is 5.10 Å². The highest BCUT2D eigenvalue weighted by Crippen LogP contribution is 2.16. The smallest absolute Gasteiger partial charge is 0.195 e. The summed E-state index contributed by atoms with van der Waals surface area (Å²) in [6.07, 6.45) is 4.02. The first-order chi connectivity index (χ1) is 5.79. The SMILES string of the molecule is CCCN1C=NN(CCC)C1Cl. The third kappa shape index (κ3) is 2.03. The average molecular weight is 190 g/mol. The van der Waals surface area contributed by atoms with E-state index in [1.807, 2.05) is 11.3 Å². The van der Waals surface area contributed by atoms with Crippen LogP contribution in [0.25, 0.3) is 0 Å². The van der Waals surface area contributed by atoms with Gasteiger partial charge in [0.25, 0.3) is 0 Å². The Kier molecular flexibility index (Phi) is 3.66. The Labute approximate surface area is 79.0 Å². The zero-order valence-corrected chi connectivity index (χ0v) is 8.46. The van der Waals surface area contributed by atoms with E-state index in [2.05, 4.69) is 23.8 Å². The van der Waals surface area contributed by atoms with Crippen LogP contribution in [0.2, 0.25) is 0 Å². The molecule has 1 heterocycles. The molecular weight excluding hydrogens is 174 g/mol. The summed E-state index contributed by atoms with van der Waals surface area (Å²) in [7, 11) is 0. The fourth-order valence-electron chi connectivity index (χ4n) is 1.23. The Morgan fingerprint density at radius 1 is 1.33 bits per heavy atom. The Morgan fingerprint density at radius 3 is 2.58 bits per heavy atom. The minimum Gasteiger partial charge on any atom is -0.327 e. The molecule has 0 aromatic heterocycles. The summed E-state index contributed by atoms with van der Waals surface area (Å²) in [4.78, 5) is 2.05. The highest BCUT2D eigenvalue weighted by molar-refractivity contribution is 6.20. The van der Waals surface area contributed by atoms with Crippen molar-refractivity contribution >= 4 is 17.9 Å². The van der Waals surface area contributed by atoms with Crippen molar-refractivity contribution in [2.45, 2.75) is 32.3 Å². The molecule has 0 fully saturated rings. The molecule has 1 aliphatic heterocycles. The molecule has 1 rings (SSSR count). The summed E-state index contributed by atoms with van der Waals surface area (Å²) < 4.78 is 0. The molecule has 0 saturated carbocycles. The summed E-state index contributed by atoms with van der Waals surface area (Å²) in [6.45, 7) is 6.18. The molecule has 0 amide bonds. The van der Waals surface area contributed by atoms with Gasteiger partial charge in [0.05, 0.1) is 0 Å². The first-order valence-corrected chi connectivity index (χ1v) is 4.93. The second kappa shape index (κ2) is 4.55. The van der Waals surface area contributed by atoms with Crippen LogP contribution >= 0.6 is 11.6 Å². The zero-order valence-electron chi connectivity index (χ0n) is 7.70. The van der Waals surface area contributed by atoms with Gasteiger partial charge >= 0.3 is 0 Å². The molecule has 0 aromatic carbocycles. The molecule has 1 unspecified atom stereocenters. The topological polar surface area (TPSA) is 18.8 Å². The van der Waals surface area contributed by atoms with Crippen LogP contribution in [0.3, 0.4) is 0 Å². The molecule has 0 spiro atoms. The van der Waals surface area contributed by atoms with Gasteiger partial charge in [-0.15, -0.1) is 0 Å². The molecule has 0 radical (unpaired) electrons. The lowest BCUT2D eigenvalue weighted by molar-refractivity contribution is 0.199. The van der Waals surface area contributed by atoms with Gasteiger partial charge in [0.2, 0.25) is 0 Å². The summed E-state index contributed by atoms with van der Waals surface area (Å²) in [5, 5.41) is 6.12. The summed E-state index contributed by atoms with van der Waals surface area (Å²) >= 11 is 6.13. The van der Waals surface area contributed by atoms with Crippen LogP contribution in [0.1, 0.15) is 26.7 Å². The highest BCUT2D eigenvalue weighted by Gasteiger charge is 2.23. The maximum atomic E-state index is 6.13. The van der Waals surface area contributed by atoms with Crippen molar-refractivity contribution in [2.24, 2.45) is 5.10 Å². The third-order valence-corrected chi connectivity index (χ3v) is 2.28. The second-order valence-corrected chi connectivity index (χ2v) is 3.33. The van der Waals surface area contributed by atoms with Gasteiger partial charge in [0.15, 0.2) is 5.62 Å². The van der Waals surface area contributed by atoms with Gasteiger partial charge in [0.1, 0.15) is 6.34 Å². The summed E-state index contributed by atoms with van der Waals surface area (Å²) in [6, 6.07) is 0. The predicted octanol–water partition coefficient (Wildman–Crippen LogP) is 1.89. The van der Waals surface area contributed by atoms with Crippen molar-refractivity contribution in [3.8, 4) is 0 Å². The summed E-state index contributed by atoms with van der Waals surface area (Å²) in [5.41, 5.74) is -0.0649. The molecule has 3 nitrogen and oxygen atoms in total. The third-order valence-electron chi connectivity index (χ3n) is 1.80. The van der Waals surface area contributed by atoms with Crippen molar-refractivity contribution in [1.82, 2.24) is 9.91 Å². The molecule has 4 heteroatoms. The summed E-state index contributed by atoms with van der Waals surface area (Å²) in [5.74, 6) is 0. The zero-order chi connectivity index (χ0) is 8.97. The Balaban J connectivity index is 2.38. The van der Waals surface area contributed by atoms with Crippen molar-refractivity contribution in [3.63, 3.8) is 0 Å². The number of hydrogen-bond donors (Lipinski definition) is 0. The van der Waals surface area contributed by atoms with Crippen LogP contribution in [0.5, 0.6) is 0 Å². The largest absolute Gasteiger partial charge is 0.327 e. The van der Waals surface area contributed by atoms with E-state index in [1.165, 1.54) is 0 Å². The van der Waals surface area contributed by atoms with E-state index in [0.717, 1.165) is 25.9 Å². The number of halogens is 1. The molecular formula is C8H16ClN3. The maximum Gasteiger partial charge on any atom is 0.195 e. The van der Waals surface area contributed by atoms with E-state index in [0.29, 0.717) is 0 Å². The minimum absolute atomic E-state index is 0.0649. The van der Waals surface area contributed by atoms with Gasteiger partial charge in [0, 0.05) is 13.1 Å². The number of rotatable bonds is 4. The van der Waals surface area contributed by atoms with E-state index < -0.39 is 0 Å². The molecule has 1 atom stereocenters. The molecule has 0 bridgehead atoms. The first-order valence-electron chi connectivity index (χ1n) is 4.50. The number of hydrazone groups is 1. The Bertz CT molecular complexity index is 144. The number of hydrogen-bond acceptors (Lipinski definition) is 3. The van der Waals surface area contributed by atoms with E-state index in [1.54, 1.807) is 0 Å². The first kappa shape index (κ1) is 9.65. The van der Waals surface area contributed by atoms with Gasteiger partial charge < -0.3 is 4.90 Å². The van der Waals surface area contributed by atoms with Crippen LogP contribution in [-0.2, 0) is 0 Å². The predicted molar refractivity (Wildman–Crippen MR) is 52.1 cm³/mol. The maximum absolute atomic E-state index is 6.13. The lowest BCUT2D eigenvalue weighted by atomic mass is 10.4. The van der Waals surface area contributed by atoms with Gasteiger partial charge in [-0.25, -0.2) is 0 Å². The van der Waals surface area contributed by atoms with E-state index in [-0.39, 0.29) is 5.62 Å². The van der Waals surface area contributed by atoms with Crippen LogP contribution in [0, 0.1) is 0 Å². The molecule has 1 aliphatic rings.